The van der Waals surface area contributed by atoms with Crippen LogP contribution in [0.4, 0.5) is 4.39 Å². The Kier molecular flexibility index (Phi) is 4.62. The summed E-state index contributed by atoms with van der Waals surface area (Å²) in [5.41, 5.74) is 5.86. The molecule has 0 aliphatic rings. The smallest absolute Gasteiger partial charge is 0.243 e. The number of sulfonamides is 1. The lowest BCUT2D eigenvalue weighted by Gasteiger charge is -2.18. The number of rotatable bonds is 5. The van der Waals surface area contributed by atoms with Gasteiger partial charge in [-0.2, -0.15) is 0 Å². The molecule has 0 fully saturated rings. The van der Waals surface area contributed by atoms with E-state index >= 15 is 0 Å². The van der Waals surface area contributed by atoms with Crippen LogP contribution in [0.1, 0.15) is 12.0 Å². The van der Waals surface area contributed by atoms with Crippen molar-refractivity contribution in [3.8, 4) is 0 Å². The molecule has 1 aromatic rings. The van der Waals surface area contributed by atoms with Crippen LogP contribution in [0, 0.1) is 12.7 Å². The number of aryl methyl sites for hydroxylation is 1. The summed E-state index contributed by atoms with van der Waals surface area (Å²) in [4.78, 5) is 0.0111. The van der Waals surface area contributed by atoms with E-state index in [2.05, 4.69) is 0 Å². The highest BCUT2D eigenvalue weighted by Gasteiger charge is 2.22. The lowest BCUT2D eigenvalue weighted by Crippen LogP contribution is -2.29. The molecule has 0 bridgehead atoms. The summed E-state index contributed by atoms with van der Waals surface area (Å²) in [7, 11) is -2.16. The van der Waals surface area contributed by atoms with Crippen molar-refractivity contribution < 1.29 is 12.8 Å². The Morgan fingerprint density at radius 2 is 2.06 bits per heavy atom. The first-order chi connectivity index (χ1) is 7.89. The van der Waals surface area contributed by atoms with Crippen LogP contribution in [0.3, 0.4) is 0 Å². The van der Waals surface area contributed by atoms with Gasteiger partial charge in [0.15, 0.2) is 0 Å². The fourth-order valence-corrected chi connectivity index (χ4v) is 2.90. The van der Waals surface area contributed by atoms with E-state index < -0.39 is 15.8 Å². The number of benzene rings is 1. The fraction of sp³-hybridized carbons (Fsp3) is 0.455. The van der Waals surface area contributed by atoms with Crippen LogP contribution in [0.25, 0.3) is 0 Å². The molecule has 0 atom stereocenters. The molecule has 4 nitrogen and oxygen atoms in total. The van der Waals surface area contributed by atoms with Gasteiger partial charge in [-0.15, -0.1) is 0 Å². The van der Waals surface area contributed by atoms with Gasteiger partial charge in [0, 0.05) is 13.6 Å². The Morgan fingerprint density at radius 3 is 2.65 bits per heavy atom. The molecule has 0 aromatic heterocycles. The molecule has 6 heteroatoms. The van der Waals surface area contributed by atoms with Crippen molar-refractivity contribution in [2.24, 2.45) is 5.73 Å². The maximum atomic E-state index is 13.1. The Hall–Kier alpha value is -0.980. The van der Waals surface area contributed by atoms with Crippen LogP contribution in [0.5, 0.6) is 0 Å². The third kappa shape index (κ3) is 3.24. The highest BCUT2D eigenvalue weighted by molar-refractivity contribution is 7.89. The van der Waals surface area contributed by atoms with Crippen LogP contribution in [0.2, 0.25) is 0 Å². The lowest BCUT2D eigenvalue weighted by atomic mass is 10.2. The molecule has 0 amide bonds. The summed E-state index contributed by atoms with van der Waals surface area (Å²) in [6, 6.07) is 3.75. The molecule has 1 aromatic carbocycles. The van der Waals surface area contributed by atoms with Crippen molar-refractivity contribution in [2.75, 3.05) is 20.1 Å². The predicted molar refractivity (Wildman–Crippen MR) is 64.6 cm³/mol. The number of nitrogens with two attached hydrogens (primary N) is 1. The van der Waals surface area contributed by atoms with Gasteiger partial charge in [-0.25, -0.2) is 17.1 Å². The van der Waals surface area contributed by atoms with E-state index in [1.54, 1.807) is 6.92 Å². The highest BCUT2D eigenvalue weighted by Crippen LogP contribution is 2.19. The van der Waals surface area contributed by atoms with Crippen molar-refractivity contribution in [3.05, 3.63) is 29.6 Å². The first-order valence-corrected chi connectivity index (χ1v) is 6.76. The second kappa shape index (κ2) is 5.57. The SMILES string of the molecule is Cc1ccc(F)cc1S(=O)(=O)N(C)CCCN. The van der Waals surface area contributed by atoms with E-state index in [1.165, 1.54) is 23.5 Å². The second-order valence-electron chi connectivity index (χ2n) is 3.88. The van der Waals surface area contributed by atoms with Crippen LogP contribution in [-0.2, 0) is 10.0 Å². The maximum absolute atomic E-state index is 13.1. The minimum atomic E-state index is -3.63. The maximum Gasteiger partial charge on any atom is 0.243 e. The van der Waals surface area contributed by atoms with Crippen molar-refractivity contribution in [3.63, 3.8) is 0 Å². The predicted octanol–water partition coefficient (Wildman–Crippen LogP) is 1.10. The lowest BCUT2D eigenvalue weighted by molar-refractivity contribution is 0.462. The zero-order chi connectivity index (χ0) is 13.1. The van der Waals surface area contributed by atoms with Gasteiger partial charge in [0.25, 0.3) is 0 Å². The van der Waals surface area contributed by atoms with E-state index in [1.807, 2.05) is 0 Å². The summed E-state index contributed by atoms with van der Waals surface area (Å²) in [6.07, 6.45) is 0.574. The normalized spacial score (nSPS) is 12.1. The molecule has 0 saturated carbocycles. The monoisotopic (exact) mass is 260 g/mol. The zero-order valence-corrected chi connectivity index (χ0v) is 10.8. The number of nitrogens with zero attached hydrogens (tertiary/aromatic N) is 1. The Bertz CT molecular complexity index is 488. The van der Waals surface area contributed by atoms with Gasteiger partial charge in [-0.05, 0) is 37.6 Å². The van der Waals surface area contributed by atoms with Crippen LogP contribution < -0.4 is 5.73 Å². The molecule has 0 aliphatic carbocycles. The summed E-state index contributed by atoms with van der Waals surface area (Å²) >= 11 is 0. The standard InChI is InChI=1S/C11H17FN2O2S/c1-9-4-5-10(12)8-11(9)17(15,16)14(2)7-3-6-13/h4-5,8H,3,6-7,13H2,1-2H3. The molecule has 0 heterocycles. The second-order valence-corrected chi connectivity index (χ2v) is 5.89. The molecule has 17 heavy (non-hydrogen) atoms. The number of halogens is 1. The molecular formula is C11H17FN2O2S. The average molecular weight is 260 g/mol. The molecule has 1 rings (SSSR count). The van der Waals surface area contributed by atoms with E-state index in [0.717, 1.165) is 6.07 Å². The van der Waals surface area contributed by atoms with Crippen molar-refractivity contribution in [1.82, 2.24) is 4.31 Å². The Morgan fingerprint density at radius 1 is 1.41 bits per heavy atom. The third-order valence-corrected chi connectivity index (χ3v) is 4.51. The molecule has 0 unspecified atom stereocenters. The molecule has 0 aliphatic heterocycles. The summed E-state index contributed by atoms with van der Waals surface area (Å²) in [6.45, 7) is 2.39. The van der Waals surface area contributed by atoms with E-state index in [4.69, 9.17) is 5.73 Å². The zero-order valence-electron chi connectivity index (χ0n) is 9.98. The van der Waals surface area contributed by atoms with Gasteiger partial charge in [0.05, 0.1) is 4.90 Å². The van der Waals surface area contributed by atoms with Gasteiger partial charge in [-0.1, -0.05) is 6.07 Å². The Balaban J connectivity index is 3.08. The number of hydrogen-bond donors (Lipinski definition) is 1. The highest BCUT2D eigenvalue weighted by atomic mass is 32.2. The van der Waals surface area contributed by atoms with Gasteiger partial charge in [-0.3, -0.25) is 0 Å². The van der Waals surface area contributed by atoms with E-state index in [-0.39, 0.29) is 4.90 Å². The molecule has 96 valence electrons. The first-order valence-electron chi connectivity index (χ1n) is 5.32. The topological polar surface area (TPSA) is 63.4 Å². The molecule has 0 saturated heterocycles. The number of hydrogen-bond acceptors (Lipinski definition) is 3. The van der Waals surface area contributed by atoms with Crippen molar-refractivity contribution >= 4 is 10.0 Å². The van der Waals surface area contributed by atoms with E-state index in [9.17, 15) is 12.8 Å². The fourth-order valence-electron chi connectivity index (χ4n) is 1.45. The largest absolute Gasteiger partial charge is 0.330 e. The van der Waals surface area contributed by atoms with Crippen molar-refractivity contribution in [2.45, 2.75) is 18.2 Å². The Labute approximate surface area is 101 Å². The quantitative estimate of drug-likeness (QED) is 0.862. The van der Waals surface area contributed by atoms with E-state index in [0.29, 0.717) is 25.1 Å². The summed E-state index contributed by atoms with van der Waals surface area (Å²) < 4.78 is 38.5. The van der Waals surface area contributed by atoms with Gasteiger partial charge in [0.2, 0.25) is 10.0 Å². The third-order valence-electron chi connectivity index (χ3n) is 2.52. The van der Waals surface area contributed by atoms with Crippen molar-refractivity contribution in [1.29, 1.82) is 0 Å². The van der Waals surface area contributed by atoms with Gasteiger partial charge in [0.1, 0.15) is 5.82 Å². The van der Waals surface area contributed by atoms with Gasteiger partial charge < -0.3 is 5.73 Å². The first kappa shape index (κ1) is 14.1. The molecule has 2 N–H and O–H groups in total. The van der Waals surface area contributed by atoms with Crippen LogP contribution in [0.15, 0.2) is 23.1 Å². The van der Waals surface area contributed by atoms with Gasteiger partial charge >= 0.3 is 0 Å². The summed E-state index contributed by atoms with van der Waals surface area (Å²) in [5, 5.41) is 0. The van der Waals surface area contributed by atoms with Crippen LogP contribution in [-0.4, -0.2) is 32.9 Å². The summed E-state index contributed by atoms with van der Waals surface area (Å²) in [5.74, 6) is -0.554. The minimum Gasteiger partial charge on any atom is -0.330 e. The average Bonchev–Trinajstić information content (AvgIpc) is 2.28. The molecule has 0 radical (unpaired) electrons. The minimum absolute atomic E-state index is 0.0111. The van der Waals surface area contributed by atoms with Crippen LogP contribution >= 0.6 is 0 Å². The molecular weight excluding hydrogens is 243 g/mol. The molecule has 0 spiro atoms.